The van der Waals surface area contributed by atoms with Crippen molar-refractivity contribution in [2.45, 2.75) is 44.3 Å². The maximum Gasteiger partial charge on any atom is 0.223 e. The van der Waals surface area contributed by atoms with Gasteiger partial charge >= 0.3 is 0 Å². The van der Waals surface area contributed by atoms with Crippen molar-refractivity contribution < 1.29 is 4.79 Å². The summed E-state index contributed by atoms with van der Waals surface area (Å²) in [7, 11) is 0. The van der Waals surface area contributed by atoms with Gasteiger partial charge in [-0.25, -0.2) is 4.98 Å². The molecule has 114 valence electrons. The summed E-state index contributed by atoms with van der Waals surface area (Å²) in [4.78, 5) is 15.3. The quantitative estimate of drug-likeness (QED) is 0.788. The minimum absolute atomic E-state index is 0.115. The predicted octanol–water partition coefficient (Wildman–Crippen LogP) is 2.02. The first-order valence-electron chi connectivity index (χ1n) is 6.50. The van der Waals surface area contributed by atoms with Gasteiger partial charge in [0.15, 0.2) is 10.3 Å². The van der Waals surface area contributed by atoms with Crippen molar-refractivity contribution in [3.63, 3.8) is 0 Å². The first kappa shape index (κ1) is 15.9. The Morgan fingerprint density at radius 3 is 2.90 bits per heavy atom. The molecule has 3 N–H and O–H groups in total. The number of hydrogen-bond donors (Lipinski definition) is 2. The Bertz CT molecular complexity index is 621. The highest BCUT2D eigenvalue weighted by Crippen LogP contribution is 2.26. The molecule has 2 rings (SSSR count). The smallest absolute Gasteiger partial charge is 0.223 e. The molecule has 0 saturated heterocycles. The third-order valence-electron chi connectivity index (χ3n) is 2.62. The Labute approximate surface area is 131 Å². The Morgan fingerprint density at radius 1 is 1.52 bits per heavy atom. The molecule has 0 bridgehead atoms. The van der Waals surface area contributed by atoms with Gasteiger partial charge < -0.3 is 15.6 Å². The molecule has 0 radical (unpaired) electrons. The number of thiazole rings is 1. The Morgan fingerprint density at radius 2 is 2.29 bits per heavy atom. The molecule has 0 aliphatic heterocycles. The van der Waals surface area contributed by atoms with E-state index in [1.165, 1.54) is 18.3 Å². The fourth-order valence-corrected chi connectivity index (χ4v) is 3.62. The van der Waals surface area contributed by atoms with E-state index in [1.54, 1.807) is 11.8 Å². The first-order valence-corrected chi connectivity index (χ1v) is 8.36. The van der Waals surface area contributed by atoms with Crippen LogP contribution in [0.5, 0.6) is 0 Å². The number of hydrogen-bond acceptors (Lipinski definition) is 7. The van der Waals surface area contributed by atoms with Crippen molar-refractivity contribution in [3.8, 4) is 0 Å². The SMILES string of the molecule is CC(=O)Nc1nc(CSc2nnc(CN)n2C(C)C)cs1. The molecule has 1 amide bonds. The molecular formula is C12H18N6OS2. The molecule has 0 unspecified atom stereocenters. The molecular weight excluding hydrogens is 308 g/mol. The summed E-state index contributed by atoms with van der Waals surface area (Å²) in [6.07, 6.45) is 0. The van der Waals surface area contributed by atoms with Gasteiger partial charge in [0.2, 0.25) is 5.91 Å². The maximum absolute atomic E-state index is 11.0. The molecule has 0 saturated carbocycles. The van der Waals surface area contributed by atoms with Crippen LogP contribution in [0.15, 0.2) is 10.5 Å². The van der Waals surface area contributed by atoms with Gasteiger partial charge in [-0.15, -0.1) is 21.5 Å². The van der Waals surface area contributed by atoms with Gasteiger partial charge in [-0.1, -0.05) is 11.8 Å². The van der Waals surface area contributed by atoms with Crippen LogP contribution in [0.2, 0.25) is 0 Å². The number of nitrogens with two attached hydrogens (primary N) is 1. The number of carbonyl (C=O) groups is 1. The van der Waals surface area contributed by atoms with Gasteiger partial charge in [0, 0.05) is 24.1 Å². The zero-order valence-corrected chi connectivity index (χ0v) is 13.8. The average Bonchev–Trinajstić information content (AvgIpc) is 3.01. The van der Waals surface area contributed by atoms with Crippen LogP contribution in [0, 0.1) is 0 Å². The summed E-state index contributed by atoms with van der Waals surface area (Å²) in [5.74, 6) is 1.34. The van der Waals surface area contributed by atoms with Crippen LogP contribution in [0.25, 0.3) is 0 Å². The lowest BCUT2D eigenvalue weighted by molar-refractivity contribution is -0.114. The Kier molecular flexibility index (Phi) is 5.32. The standard InChI is InChI=1S/C12H18N6OS2/c1-7(2)18-10(4-13)16-17-12(18)21-6-9-5-20-11(15-9)14-8(3)19/h5,7H,4,6,13H2,1-3H3,(H,14,15,19). The predicted molar refractivity (Wildman–Crippen MR) is 84.3 cm³/mol. The van der Waals surface area contributed by atoms with Crippen LogP contribution in [-0.4, -0.2) is 25.7 Å². The molecule has 7 nitrogen and oxygen atoms in total. The largest absolute Gasteiger partial charge is 0.324 e. The molecule has 0 fully saturated rings. The van der Waals surface area contributed by atoms with E-state index in [0.717, 1.165) is 16.7 Å². The van der Waals surface area contributed by atoms with Gasteiger partial charge in [-0.2, -0.15) is 0 Å². The minimum atomic E-state index is -0.115. The van der Waals surface area contributed by atoms with Crippen LogP contribution in [0.1, 0.15) is 38.3 Å². The zero-order chi connectivity index (χ0) is 15.4. The van der Waals surface area contributed by atoms with Crippen LogP contribution in [0.3, 0.4) is 0 Å². The van der Waals surface area contributed by atoms with Crippen molar-refractivity contribution in [2.24, 2.45) is 5.73 Å². The summed E-state index contributed by atoms with van der Waals surface area (Å²) in [6.45, 7) is 5.99. The lowest BCUT2D eigenvalue weighted by Crippen LogP contribution is -2.11. The first-order chi connectivity index (χ1) is 10.0. The molecule has 0 aromatic carbocycles. The summed E-state index contributed by atoms with van der Waals surface area (Å²) < 4.78 is 2.03. The van der Waals surface area contributed by atoms with Crippen LogP contribution in [-0.2, 0) is 17.1 Å². The third kappa shape index (κ3) is 4.02. The molecule has 9 heteroatoms. The molecule has 0 aliphatic rings. The van der Waals surface area contributed by atoms with E-state index >= 15 is 0 Å². The summed E-state index contributed by atoms with van der Waals surface area (Å²) >= 11 is 2.98. The van der Waals surface area contributed by atoms with Crippen molar-refractivity contribution in [2.75, 3.05) is 5.32 Å². The number of carbonyl (C=O) groups excluding carboxylic acids is 1. The van der Waals surface area contributed by atoms with Crippen LogP contribution in [0.4, 0.5) is 5.13 Å². The minimum Gasteiger partial charge on any atom is -0.324 e. The van der Waals surface area contributed by atoms with Crippen molar-refractivity contribution in [3.05, 3.63) is 16.9 Å². The normalized spacial score (nSPS) is 11.1. The number of thioether (sulfide) groups is 1. The van der Waals surface area contributed by atoms with Crippen molar-refractivity contribution >= 4 is 34.1 Å². The Balaban J connectivity index is 2.04. The van der Waals surface area contributed by atoms with Gasteiger partial charge in [0.1, 0.15) is 5.82 Å². The Hall–Kier alpha value is -1.45. The summed E-state index contributed by atoms with van der Waals surface area (Å²) in [5, 5.41) is 14.3. The second-order valence-electron chi connectivity index (χ2n) is 4.68. The van der Waals surface area contributed by atoms with E-state index in [-0.39, 0.29) is 11.9 Å². The van der Waals surface area contributed by atoms with E-state index in [4.69, 9.17) is 5.73 Å². The van der Waals surface area contributed by atoms with Crippen molar-refractivity contribution in [1.82, 2.24) is 19.7 Å². The van der Waals surface area contributed by atoms with Gasteiger partial charge in [0.25, 0.3) is 0 Å². The highest BCUT2D eigenvalue weighted by Gasteiger charge is 2.14. The van der Waals surface area contributed by atoms with Crippen molar-refractivity contribution in [1.29, 1.82) is 0 Å². The summed E-state index contributed by atoms with van der Waals surface area (Å²) in [6, 6.07) is 0.256. The molecule has 2 aromatic heterocycles. The second kappa shape index (κ2) is 7.01. The van der Waals surface area contributed by atoms with E-state index in [9.17, 15) is 4.79 Å². The third-order valence-corrected chi connectivity index (χ3v) is 4.40. The molecule has 21 heavy (non-hydrogen) atoms. The topological polar surface area (TPSA) is 98.7 Å². The van der Waals surface area contributed by atoms with Gasteiger partial charge in [-0.3, -0.25) is 4.79 Å². The number of nitrogens with zero attached hydrogens (tertiary/aromatic N) is 4. The number of anilines is 1. The molecule has 2 heterocycles. The van der Waals surface area contributed by atoms with Gasteiger partial charge in [-0.05, 0) is 13.8 Å². The average molecular weight is 326 g/mol. The number of amides is 1. The number of nitrogens with one attached hydrogen (secondary N) is 1. The zero-order valence-electron chi connectivity index (χ0n) is 12.2. The monoisotopic (exact) mass is 326 g/mol. The number of aromatic nitrogens is 4. The summed E-state index contributed by atoms with van der Waals surface area (Å²) in [5.41, 5.74) is 6.58. The molecule has 0 aliphatic carbocycles. The van der Waals surface area contributed by atoms with Crippen LogP contribution >= 0.6 is 23.1 Å². The maximum atomic E-state index is 11.0. The fraction of sp³-hybridized carbons (Fsp3) is 0.500. The molecule has 2 aromatic rings. The fourth-order valence-electron chi connectivity index (χ4n) is 1.78. The second-order valence-corrected chi connectivity index (χ2v) is 6.48. The highest BCUT2D eigenvalue weighted by molar-refractivity contribution is 7.98. The van der Waals surface area contributed by atoms with Gasteiger partial charge in [0.05, 0.1) is 12.2 Å². The van der Waals surface area contributed by atoms with E-state index < -0.39 is 0 Å². The highest BCUT2D eigenvalue weighted by atomic mass is 32.2. The lowest BCUT2D eigenvalue weighted by Gasteiger charge is -2.12. The van der Waals surface area contributed by atoms with E-state index in [1.807, 2.05) is 9.95 Å². The lowest BCUT2D eigenvalue weighted by atomic mass is 10.4. The molecule has 0 spiro atoms. The van der Waals surface area contributed by atoms with E-state index in [2.05, 4.69) is 34.3 Å². The number of rotatable bonds is 6. The van der Waals surface area contributed by atoms with Crippen LogP contribution < -0.4 is 11.1 Å². The molecule has 0 atom stereocenters. The van der Waals surface area contributed by atoms with E-state index in [0.29, 0.717) is 17.4 Å².